The molecule has 3 aliphatic rings. The summed E-state index contributed by atoms with van der Waals surface area (Å²) in [5.41, 5.74) is 0. The standard InChI is InChI=1S/C22H38O3/c23-22(24)21(16-18-9-5-2-6-10-18)25-20-13-11-19(12-14-20)15-17-7-3-1-4-8-17/h17-21H,1-16H2,(H,23,24). The Morgan fingerprint density at radius 2 is 1.28 bits per heavy atom. The minimum atomic E-state index is -0.741. The molecule has 3 heteroatoms. The maximum Gasteiger partial charge on any atom is 0.332 e. The lowest BCUT2D eigenvalue weighted by atomic mass is 9.77. The zero-order valence-electron chi connectivity index (χ0n) is 16.0. The molecule has 0 aromatic carbocycles. The third-order valence-electron chi connectivity index (χ3n) is 7.09. The van der Waals surface area contributed by atoms with Crippen LogP contribution in [0.5, 0.6) is 0 Å². The summed E-state index contributed by atoms with van der Waals surface area (Å²) in [6.45, 7) is 0. The maximum absolute atomic E-state index is 11.6. The molecule has 25 heavy (non-hydrogen) atoms. The van der Waals surface area contributed by atoms with Crippen LogP contribution in [0.15, 0.2) is 0 Å². The van der Waals surface area contributed by atoms with Crippen molar-refractivity contribution >= 4 is 5.97 Å². The van der Waals surface area contributed by atoms with Crippen molar-refractivity contribution in [1.29, 1.82) is 0 Å². The number of hydrogen-bond donors (Lipinski definition) is 1. The number of carboxylic acid groups (broad SMARTS) is 1. The summed E-state index contributed by atoms with van der Waals surface area (Å²) in [6, 6.07) is 0. The summed E-state index contributed by atoms with van der Waals surface area (Å²) in [4.78, 5) is 11.6. The quantitative estimate of drug-likeness (QED) is 0.616. The summed E-state index contributed by atoms with van der Waals surface area (Å²) < 4.78 is 6.09. The van der Waals surface area contributed by atoms with Crippen molar-refractivity contribution in [2.24, 2.45) is 17.8 Å². The molecular formula is C22H38O3. The molecular weight excluding hydrogens is 312 g/mol. The van der Waals surface area contributed by atoms with E-state index in [4.69, 9.17) is 4.74 Å². The van der Waals surface area contributed by atoms with Crippen LogP contribution in [0.25, 0.3) is 0 Å². The molecule has 3 saturated carbocycles. The third kappa shape index (κ3) is 6.27. The highest BCUT2D eigenvalue weighted by atomic mass is 16.5. The van der Waals surface area contributed by atoms with Crippen LogP contribution < -0.4 is 0 Å². The van der Waals surface area contributed by atoms with Gasteiger partial charge in [0.25, 0.3) is 0 Å². The first-order valence-corrected chi connectivity index (χ1v) is 11.1. The number of rotatable bonds is 7. The lowest BCUT2D eigenvalue weighted by Crippen LogP contribution is -2.34. The molecule has 3 aliphatic carbocycles. The molecule has 0 bridgehead atoms. The fourth-order valence-corrected chi connectivity index (χ4v) is 5.57. The molecule has 144 valence electrons. The summed E-state index contributed by atoms with van der Waals surface area (Å²) >= 11 is 0. The number of ether oxygens (including phenoxy) is 1. The van der Waals surface area contributed by atoms with Crippen molar-refractivity contribution in [2.75, 3.05) is 0 Å². The molecule has 3 fully saturated rings. The van der Waals surface area contributed by atoms with Gasteiger partial charge in [-0.2, -0.15) is 0 Å². The van der Waals surface area contributed by atoms with Crippen molar-refractivity contribution in [3.8, 4) is 0 Å². The molecule has 0 amide bonds. The number of aliphatic carboxylic acids is 1. The second-order valence-electron chi connectivity index (χ2n) is 9.09. The Bertz CT molecular complexity index is 388. The molecule has 3 rings (SSSR count). The van der Waals surface area contributed by atoms with Crippen molar-refractivity contribution in [3.63, 3.8) is 0 Å². The molecule has 0 saturated heterocycles. The fourth-order valence-electron chi connectivity index (χ4n) is 5.57. The molecule has 0 radical (unpaired) electrons. The van der Waals surface area contributed by atoms with Crippen LogP contribution in [0, 0.1) is 17.8 Å². The molecule has 1 atom stereocenters. The monoisotopic (exact) mass is 350 g/mol. The molecule has 0 spiro atoms. The maximum atomic E-state index is 11.6. The predicted molar refractivity (Wildman–Crippen MR) is 101 cm³/mol. The van der Waals surface area contributed by atoms with Crippen molar-refractivity contribution in [2.45, 2.75) is 115 Å². The Kier molecular flexibility index (Phi) is 7.64. The average molecular weight is 351 g/mol. The smallest absolute Gasteiger partial charge is 0.332 e. The van der Waals surface area contributed by atoms with Gasteiger partial charge in [-0.1, -0.05) is 64.2 Å². The van der Waals surface area contributed by atoms with E-state index in [1.54, 1.807) is 0 Å². The van der Waals surface area contributed by atoms with Gasteiger partial charge in [0.15, 0.2) is 6.10 Å². The zero-order valence-corrected chi connectivity index (χ0v) is 16.0. The Morgan fingerprint density at radius 1 is 0.760 bits per heavy atom. The van der Waals surface area contributed by atoms with Gasteiger partial charge in [-0.25, -0.2) is 4.79 Å². The Hall–Kier alpha value is -0.570. The average Bonchev–Trinajstić information content (AvgIpc) is 2.64. The number of carboxylic acids is 1. The van der Waals surface area contributed by atoms with Crippen LogP contribution in [-0.4, -0.2) is 23.3 Å². The van der Waals surface area contributed by atoms with E-state index in [-0.39, 0.29) is 6.10 Å². The first kappa shape index (κ1) is 19.2. The fraction of sp³-hybridized carbons (Fsp3) is 0.955. The van der Waals surface area contributed by atoms with Crippen LogP contribution in [-0.2, 0) is 9.53 Å². The number of carbonyl (C=O) groups is 1. The van der Waals surface area contributed by atoms with Gasteiger partial charge < -0.3 is 9.84 Å². The minimum absolute atomic E-state index is 0.187. The lowest BCUT2D eigenvalue weighted by Gasteiger charge is -2.34. The van der Waals surface area contributed by atoms with Gasteiger partial charge in [-0.3, -0.25) is 0 Å². The van der Waals surface area contributed by atoms with Crippen LogP contribution >= 0.6 is 0 Å². The highest BCUT2D eigenvalue weighted by Crippen LogP contribution is 2.37. The van der Waals surface area contributed by atoms with Gasteiger partial charge >= 0.3 is 5.97 Å². The van der Waals surface area contributed by atoms with Crippen molar-refractivity contribution in [3.05, 3.63) is 0 Å². The summed E-state index contributed by atoms with van der Waals surface area (Å²) in [7, 11) is 0. The van der Waals surface area contributed by atoms with Crippen LogP contribution in [0.4, 0.5) is 0 Å². The second kappa shape index (κ2) is 9.94. The lowest BCUT2D eigenvalue weighted by molar-refractivity contribution is -0.157. The molecule has 0 heterocycles. The molecule has 0 aliphatic heterocycles. The van der Waals surface area contributed by atoms with Gasteiger partial charge in [0.2, 0.25) is 0 Å². The first-order chi connectivity index (χ1) is 12.2. The van der Waals surface area contributed by atoms with E-state index >= 15 is 0 Å². The Balaban J connectivity index is 1.39. The highest BCUT2D eigenvalue weighted by Gasteiger charge is 2.30. The van der Waals surface area contributed by atoms with Crippen LogP contribution in [0.2, 0.25) is 0 Å². The van der Waals surface area contributed by atoms with Gasteiger partial charge in [-0.05, 0) is 56.3 Å². The zero-order chi connectivity index (χ0) is 17.5. The van der Waals surface area contributed by atoms with E-state index in [9.17, 15) is 9.90 Å². The van der Waals surface area contributed by atoms with E-state index in [1.165, 1.54) is 83.5 Å². The second-order valence-corrected chi connectivity index (χ2v) is 9.09. The van der Waals surface area contributed by atoms with Gasteiger partial charge in [0.05, 0.1) is 6.10 Å². The van der Waals surface area contributed by atoms with Crippen molar-refractivity contribution in [1.82, 2.24) is 0 Å². The van der Waals surface area contributed by atoms with E-state index < -0.39 is 12.1 Å². The van der Waals surface area contributed by atoms with Crippen molar-refractivity contribution < 1.29 is 14.6 Å². The van der Waals surface area contributed by atoms with E-state index in [0.717, 1.165) is 31.1 Å². The molecule has 1 unspecified atom stereocenters. The number of hydrogen-bond acceptors (Lipinski definition) is 2. The predicted octanol–water partition coefficient (Wildman–Crippen LogP) is 5.96. The molecule has 3 nitrogen and oxygen atoms in total. The summed E-state index contributed by atoms with van der Waals surface area (Å²) in [5, 5.41) is 9.58. The third-order valence-corrected chi connectivity index (χ3v) is 7.09. The van der Waals surface area contributed by atoms with E-state index in [1.807, 2.05) is 0 Å². The SMILES string of the molecule is O=C(O)C(CC1CCCCC1)OC1CCC(CC2CCCCC2)CC1. The topological polar surface area (TPSA) is 46.5 Å². The summed E-state index contributed by atoms with van der Waals surface area (Å²) in [6.07, 6.45) is 19.9. The molecule has 0 aromatic heterocycles. The Labute approximate surface area is 153 Å². The van der Waals surface area contributed by atoms with Gasteiger partial charge in [-0.15, -0.1) is 0 Å². The van der Waals surface area contributed by atoms with Gasteiger partial charge in [0, 0.05) is 0 Å². The first-order valence-electron chi connectivity index (χ1n) is 11.1. The largest absolute Gasteiger partial charge is 0.479 e. The van der Waals surface area contributed by atoms with Crippen LogP contribution in [0.3, 0.4) is 0 Å². The molecule has 1 N–H and O–H groups in total. The highest BCUT2D eigenvalue weighted by molar-refractivity contribution is 5.72. The van der Waals surface area contributed by atoms with E-state index in [0.29, 0.717) is 5.92 Å². The summed E-state index contributed by atoms with van der Waals surface area (Å²) in [5.74, 6) is 1.66. The van der Waals surface area contributed by atoms with Crippen LogP contribution in [0.1, 0.15) is 103 Å². The molecule has 0 aromatic rings. The Morgan fingerprint density at radius 3 is 1.84 bits per heavy atom. The minimum Gasteiger partial charge on any atom is -0.479 e. The van der Waals surface area contributed by atoms with Gasteiger partial charge in [0.1, 0.15) is 0 Å². The normalized spacial score (nSPS) is 30.9. The van der Waals surface area contributed by atoms with E-state index in [2.05, 4.69) is 0 Å².